The van der Waals surface area contributed by atoms with Crippen LogP contribution in [0.4, 0.5) is 0 Å². The van der Waals surface area contributed by atoms with Crippen molar-refractivity contribution in [3.8, 4) is 0 Å². The van der Waals surface area contributed by atoms with Crippen LogP contribution in [0.2, 0.25) is 0 Å². The van der Waals surface area contributed by atoms with Gasteiger partial charge in [-0.1, -0.05) is 35.9 Å². The molecule has 1 rings (SSSR count). The Morgan fingerprint density at radius 2 is 2.27 bits per heavy atom. The molecule has 1 aromatic rings. The smallest absolute Gasteiger partial charge is 0.339 e. The first-order chi connectivity index (χ1) is 7.34. The molecule has 0 atom stereocenters. The third-order valence-electron chi connectivity index (χ3n) is 1.63. The topological polar surface area (TPSA) is 39.2 Å². The Labute approximate surface area is 104 Å². The second-order valence-corrected chi connectivity index (χ2v) is 2.73. The SMILES string of the molecule is CCCCOC(=O)c1cccnc1.CI. The lowest BCUT2D eigenvalue weighted by Crippen LogP contribution is -2.06. The number of esters is 1. The van der Waals surface area contributed by atoms with E-state index < -0.39 is 0 Å². The normalized spacial score (nSPS) is 8.73. The van der Waals surface area contributed by atoms with Crippen molar-refractivity contribution in [2.45, 2.75) is 19.8 Å². The van der Waals surface area contributed by atoms with Crippen molar-refractivity contribution in [2.24, 2.45) is 0 Å². The maximum Gasteiger partial charge on any atom is 0.339 e. The summed E-state index contributed by atoms with van der Waals surface area (Å²) in [6.45, 7) is 2.54. The number of unbranched alkanes of at least 4 members (excludes halogenated alkanes) is 1. The molecule has 0 fully saturated rings. The molecule has 0 amide bonds. The highest BCUT2D eigenvalue weighted by molar-refractivity contribution is 14.1. The lowest BCUT2D eigenvalue weighted by molar-refractivity contribution is 0.0499. The summed E-state index contributed by atoms with van der Waals surface area (Å²) in [5.41, 5.74) is 0.513. The standard InChI is InChI=1S/C10H13NO2.CH3I/c1-2-3-7-13-10(12)9-5-4-6-11-8-9;1-2/h4-6,8H,2-3,7H2,1H3;1H3. The molecule has 0 aliphatic rings. The molecule has 0 aliphatic heterocycles. The molecule has 0 aliphatic carbocycles. The van der Waals surface area contributed by atoms with Gasteiger partial charge in [-0.2, -0.15) is 0 Å². The number of pyridine rings is 1. The molecule has 0 radical (unpaired) electrons. The molecule has 0 unspecified atom stereocenters. The van der Waals surface area contributed by atoms with E-state index in [0.29, 0.717) is 12.2 Å². The Morgan fingerprint density at radius 3 is 2.80 bits per heavy atom. The second-order valence-electron chi connectivity index (χ2n) is 2.73. The number of rotatable bonds is 4. The molecule has 0 saturated carbocycles. The van der Waals surface area contributed by atoms with Crippen LogP contribution in [0.5, 0.6) is 0 Å². The van der Waals surface area contributed by atoms with Gasteiger partial charge in [0.15, 0.2) is 0 Å². The van der Waals surface area contributed by atoms with Gasteiger partial charge in [0, 0.05) is 12.4 Å². The van der Waals surface area contributed by atoms with Crippen LogP contribution < -0.4 is 0 Å². The molecule has 0 spiro atoms. The van der Waals surface area contributed by atoms with Gasteiger partial charge in [-0.15, -0.1) is 0 Å². The molecule has 1 aromatic heterocycles. The van der Waals surface area contributed by atoms with E-state index in [9.17, 15) is 4.79 Å². The van der Waals surface area contributed by atoms with Crippen LogP contribution in [0.3, 0.4) is 0 Å². The van der Waals surface area contributed by atoms with E-state index in [1.54, 1.807) is 18.3 Å². The highest BCUT2D eigenvalue weighted by atomic mass is 127. The minimum Gasteiger partial charge on any atom is -0.462 e. The zero-order chi connectivity index (χ0) is 11.5. The van der Waals surface area contributed by atoms with Crippen molar-refractivity contribution >= 4 is 28.6 Å². The Balaban J connectivity index is 0.000000921. The van der Waals surface area contributed by atoms with Crippen molar-refractivity contribution < 1.29 is 9.53 Å². The summed E-state index contributed by atoms with van der Waals surface area (Å²) in [5.74, 6) is -0.290. The molecular weight excluding hydrogens is 305 g/mol. The number of hydrogen-bond acceptors (Lipinski definition) is 3. The lowest BCUT2D eigenvalue weighted by Gasteiger charge is -2.02. The molecule has 0 bridgehead atoms. The van der Waals surface area contributed by atoms with E-state index in [4.69, 9.17) is 4.74 Å². The average molecular weight is 321 g/mol. The number of aromatic nitrogens is 1. The molecule has 0 aromatic carbocycles. The van der Waals surface area contributed by atoms with Crippen LogP contribution in [-0.4, -0.2) is 22.5 Å². The van der Waals surface area contributed by atoms with Crippen LogP contribution in [-0.2, 0) is 4.74 Å². The first-order valence-electron chi connectivity index (χ1n) is 4.79. The fourth-order valence-electron chi connectivity index (χ4n) is 0.876. The van der Waals surface area contributed by atoms with E-state index in [-0.39, 0.29) is 5.97 Å². The zero-order valence-corrected chi connectivity index (χ0v) is 11.2. The number of ether oxygens (including phenoxy) is 1. The van der Waals surface area contributed by atoms with Gasteiger partial charge in [0.2, 0.25) is 0 Å². The van der Waals surface area contributed by atoms with Gasteiger partial charge >= 0.3 is 5.97 Å². The highest BCUT2D eigenvalue weighted by Crippen LogP contribution is 1.99. The van der Waals surface area contributed by atoms with Crippen molar-refractivity contribution in [1.29, 1.82) is 0 Å². The zero-order valence-electron chi connectivity index (χ0n) is 9.07. The molecule has 1 heterocycles. The fraction of sp³-hybridized carbons (Fsp3) is 0.455. The van der Waals surface area contributed by atoms with Crippen LogP contribution in [0.15, 0.2) is 24.5 Å². The van der Waals surface area contributed by atoms with Gasteiger partial charge in [-0.3, -0.25) is 4.98 Å². The van der Waals surface area contributed by atoms with Gasteiger partial charge in [0.05, 0.1) is 12.2 Å². The van der Waals surface area contributed by atoms with E-state index in [1.165, 1.54) is 6.20 Å². The van der Waals surface area contributed by atoms with E-state index in [1.807, 2.05) is 4.93 Å². The first-order valence-corrected chi connectivity index (χ1v) is 6.95. The number of hydrogen-bond donors (Lipinski definition) is 0. The molecule has 4 heteroatoms. The summed E-state index contributed by atoms with van der Waals surface area (Å²) >= 11 is 2.15. The second kappa shape index (κ2) is 9.89. The molecule has 0 saturated heterocycles. The van der Waals surface area contributed by atoms with Crippen LogP contribution in [0, 0.1) is 0 Å². The Kier molecular flexibility index (Phi) is 9.46. The third-order valence-corrected chi connectivity index (χ3v) is 1.63. The lowest BCUT2D eigenvalue weighted by atomic mass is 10.3. The summed E-state index contributed by atoms with van der Waals surface area (Å²) in [7, 11) is 0. The van der Waals surface area contributed by atoms with Gasteiger partial charge in [-0.05, 0) is 23.5 Å². The largest absolute Gasteiger partial charge is 0.462 e. The molecule has 84 valence electrons. The summed E-state index contributed by atoms with van der Waals surface area (Å²) in [5, 5.41) is 0. The molecule has 3 nitrogen and oxygen atoms in total. The summed E-state index contributed by atoms with van der Waals surface area (Å²) in [6.07, 6.45) is 5.07. The Morgan fingerprint density at radius 1 is 1.53 bits per heavy atom. The van der Waals surface area contributed by atoms with Crippen LogP contribution >= 0.6 is 22.6 Å². The minimum atomic E-state index is -0.290. The number of alkyl halides is 1. The summed E-state index contributed by atoms with van der Waals surface area (Å²) in [6, 6.07) is 3.41. The first kappa shape index (κ1) is 14.3. The van der Waals surface area contributed by atoms with Crippen LogP contribution in [0.25, 0.3) is 0 Å². The predicted molar refractivity (Wildman–Crippen MR) is 69.4 cm³/mol. The van der Waals surface area contributed by atoms with Crippen molar-refractivity contribution in [2.75, 3.05) is 11.5 Å². The van der Waals surface area contributed by atoms with Crippen molar-refractivity contribution in [3.63, 3.8) is 0 Å². The van der Waals surface area contributed by atoms with E-state index in [2.05, 4.69) is 34.5 Å². The monoisotopic (exact) mass is 321 g/mol. The summed E-state index contributed by atoms with van der Waals surface area (Å²) < 4.78 is 4.99. The van der Waals surface area contributed by atoms with E-state index in [0.717, 1.165) is 12.8 Å². The number of carbonyl (C=O) groups is 1. The quantitative estimate of drug-likeness (QED) is 0.370. The van der Waals surface area contributed by atoms with Gasteiger partial charge < -0.3 is 4.74 Å². The molecule has 15 heavy (non-hydrogen) atoms. The average Bonchev–Trinajstić information content (AvgIpc) is 2.33. The van der Waals surface area contributed by atoms with Crippen molar-refractivity contribution in [1.82, 2.24) is 4.98 Å². The van der Waals surface area contributed by atoms with Gasteiger partial charge in [0.25, 0.3) is 0 Å². The van der Waals surface area contributed by atoms with Gasteiger partial charge in [-0.25, -0.2) is 4.79 Å². The number of nitrogens with zero attached hydrogens (tertiary/aromatic N) is 1. The van der Waals surface area contributed by atoms with Crippen molar-refractivity contribution in [3.05, 3.63) is 30.1 Å². The van der Waals surface area contributed by atoms with Crippen LogP contribution in [0.1, 0.15) is 30.1 Å². The molecular formula is C11H16INO2. The molecule has 0 N–H and O–H groups in total. The fourth-order valence-corrected chi connectivity index (χ4v) is 0.876. The summed E-state index contributed by atoms with van der Waals surface area (Å²) in [4.78, 5) is 17.1. The number of halogens is 1. The van der Waals surface area contributed by atoms with Gasteiger partial charge in [0.1, 0.15) is 0 Å². The predicted octanol–water partition coefficient (Wildman–Crippen LogP) is 3.09. The third kappa shape index (κ3) is 6.43. The Hall–Kier alpha value is -0.650. The maximum atomic E-state index is 11.3. The number of carbonyl (C=O) groups excluding carboxylic acids is 1. The van der Waals surface area contributed by atoms with E-state index >= 15 is 0 Å². The maximum absolute atomic E-state index is 11.3. The minimum absolute atomic E-state index is 0.290. The Bertz CT molecular complexity index is 265. The highest BCUT2D eigenvalue weighted by Gasteiger charge is 2.04.